The number of amides is 1. The second-order valence-corrected chi connectivity index (χ2v) is 8.20. The van der Waals surface area contributed by atoms with Gasteiger partial charge in [0.25, 0.3) is 0 Å². The lowest BCUT2D eigenvalue weighted by Crippen LogP contribution is -2.53. The fourth-order valence-electron chi connectivity index (χ4n) is 3.94. The minimum Gasteiger partial charge on any atom is -0.368 e. The summed E-state index contributed by atoms with van der Waals surface area (Å²) in [5.41, 5.74) is 10.2. The molecule has 2 unspecified atom stereocenters. The van der Waals surface area contributed by atoms with Crippen molar-refractivity contribution in [2.45, 2.75) is 25.4 Å². The van der Waals surface area contributed by atoms with Crippen LogP contribution in [0.15, 0.2) is 53.0 Å². The van der Waals surface area contributed by atoms with Crippen LogP contribution in [0.5, 0.6) is 0 Å². The van der Waals surface area contributed by atoms with Gasteiger partial charge in [-0.1, -0.05) is 46.3 Å². The number of nitrogens with one attached hydrogen (secondary N) is 2. The van der Waals surface area contributed by atoms with E-state index in [2.05, 4.69) is 75.0 Å². The Kier molecular flexibility index (Phi) is 5.48. The molecule has 2 aromatic carbocycles. The molecule has 5 nitrogen and oxygen atoms in total. The minimum atomic E-state index is -0.163. The number of hydrogen-bond donors (Lipinski definition) is 2. The molecule has 0 saturated carbocycles. The Balaban J connectivity index is 1.33. The number of carbonyl (C=O) groups is 1. The number of benzene rings is 2. The number of hydrogen-bond acceptors (Lipinski definition) is 4. The van der Waals surface area contributed by atoms with Crippen molar-refractivity contribution < 1.29 is 4.79 Å². The lowest BCUT2D eigenvalue weighted by atomic mass is 10.0. The SMILES string of the molecule is Cc1ccccc1N1CCN(C(=O)C2CC(c3ccc(Br)cc3)NN2)CC1. The Bertz CT molecular complexity index is 802. The third-order valence-corrected chi connectivity index (χ3v) is 6.05. The van der Waals surface area contributed by atoms with Crippen molar-refractivity contribution in [1.82, 2.24) is 15.8 Å². The molecule has 142 valence electrons. The second-order valence-electron chi connectivity index (χ2n) is 7.28. The normalized spacial score (nSPS) is 22.9. The molecule has 2 atom stereocenters. The van der Waals surface area contributed by atoms with E-state index in [1.54, 1.807) is 0 Å². The van der Waals surface area contributed by atoms with Gasteiger partial charge >= 0.3 is 0 Å². The molecule has 2 saturated heterocycles. The monoisotopic (exact) mass is 428 g/mol. The van der Waals surface area contributed by atoms with E-state index in [-0.39, 0.29) is 18.0 Å². The maximum absolute atomic E-state index is 12.9. The largest absolute Gasteiger partial charge is 0.368 e. The number of halogens is 1. The second kappa shape index (κ2) is 8.00. The zero-order chi connectivity index (χ0) is 18.8. The Morgan fingerprint density at radius 1 is 1.00 bits per heavy atom. The molecule has 0 aromatic heterocycles. The van der Waals surface area contributed by atoms with Crippen molar-refractivity contribution in [3.05, 3.63) is 64.1 Å². The highest BCUT2D eigenvalue weighted by atomic mass is 79.9. The maximum Gasteiger partial charge on any atom is 0.241 e. The fraction of sp³-hybridized carbons (Fsp3) is 0.381. The molecule has 1 amide bonds. The summed E-state index contributed by atoms with van der Waals surface area (Å²) < 4.78 is 1.07. The molecule has 0 aliphatic carbocycles. The van der Waals surface area contributed by atoms with Gasteiger partial charge < -0.3 is 9.80 Å². The van der Waals surface area contributed by atoms with E-state index in [4.69, 9.17) is 0 Å². The summed E-state index contributed by atoms with van der Waals surface area (Å²) in [5.74, 6) is 0.201. The minimum absolute atomic E-state index is 0.163. The lowest BCUT2D eigenvalue weighted by Gasteiger charge is -2.37. The van der Waals surface area contributed by atoms with E-state index in [0.717, 1.165) is 37.1 Å². The number of aryl methyl sites for hydroxylation is 1. The number of rotatable bonds is 3. The van der Waals surface area contributed by atoms with Gasteiger partial charge in [-0.3, -0.25) is 4.79 Å². The molecule has 2 aromatic rings. The molecule has 2 heterocycles. The first-order valence-corrected chi connectivity index (χ1v) is 10.3. The van der Waals surface area contributed by atoms with Crippen LogP contribution in [0.2, 0.25) is 0 Å². The number of hydrazine groups is 1. The molecule has 2 N–H and O–H groups in total. The van der Waals surface area contributed by atoms with Gasteiger partial charge in [0.1, 0.15) is 6.04 Å². The first-order chi connectivity index (χ1) is 13.1. The molecule has 6 heteroatoms. The molecule has 2 aliphatic rings. The van der Waals surface area contributed by atoms with Crippen LogP contribution in [0.25, 0.3) is 0 Å². The molecule has 4 rings (SSSR count). The van der Waals surface area contributed by atoms with Crippen LogP contribution in [0.3, 0.4) is 0 Å². The molecule has 0 radical (unpaired) electrons. The summed E-state index contributed by atoms with van der Waals surface area (Å²) >= 11 is 3.47. The quantitative estimate of drug-likeness (QED) is 0.788. The molecule has 0 spiro atoms. The molecule has 0 bridgehead atoms. The Labute approximate surface area is 168 Å². The van der Waals surface area contributed by atoms with Gasteiger partial charge in [-0.05, 0) is 42.7 Å². The smallest absolute Gasteiger partial charge is 0.241 e. The Hall–Kier alpha value is -1.89. The van der Waals surface area contributed by atoms with Gasteiger partial charge in [0.15, 0.2) is 0 Å². The average molecular weight is 429 g/mol. The third-order valence-electron chi connectivity index (χ3n) is 5.52. The van der Waals surface area contributed by atoms with E-state index in [0.29, 0.717) is 0 Å². The van der Waals surface area contributed by atoms with Crippen LogP contribution < -0.4 is 15.8 Å². The van der Waals surface area contributed by atoms with E-state index in [1.807, 2.05) is 17.0 Å². The summed E-state index contributed by atoms with van der Waals surface area (Å²) in [5, 5.41) is 0. The topological polar surface area (TPSA) is 47.6 Å². The fourth-order valence-corrected chi connectivity index (χ4v) is 4.20. The summed E-state index contributed by atoms with van der Waals surface area (Å²) in [4.78, 5) is 17.3. The van der Waals surface area contributed by atoms with Gasteiger partial charge in [-0.25, -0.2) is 10.9 Å². The zero-order valence-corrected chi connectivity index (χ0v) is 17.1. The number of para-hydroxylation sites is 1. The van der Waals surface area contributed by atoms with Crippen LogP contribution in [0, 0.1) is 6.92 Å². The van der Waals surface area contributed by atoms with Gasteiger partial charge in [0.2, 0.25) is 5.91 Å². The third kappa shape index (κ3) is 4.03. The van der Waals surface area contributed by atoms with E-state index >= 15 is 0 Å². The summed E-state index contributed by atoms with van der Waals surface area (Å²) in [6, 6.07) is 16.7. The van der Waals surface area contributed by atoms with Gasteiger partial charge in [-0.2, -0.15) is 0 Å². The average Bonchev–Trinajstić information content (AvgIpc) is 3.19. The van der Waals surface area contributed by atoms with Crippen molar-refractivity contribution in [3.8, 4) is 0 Å². The van der Waals surface area contributed by atoms with Gasteiger partial charge in [0.05, 0.1) is 0 Å². The van der Waals surface area contributed by atoms with Crippen molar-refractivity contribution in [1.29, 1.82) is 0 Å². The number of anilines is 1. The maximum atomic E-state index is 12.9. The van der Waals surface area contributed by atoms with Gasteiger partial charge in [-0.15, -0.1) is 0 Å². The van der Waals surface area contributed by atoms with Crippen molar-refractivity contribution >= 4 is 27.5 Å². The van der Waals surface area contributed by atoms with Crippen LogP contribution >= 0.6 is 15.9 Å². The number of nitrogens with zero attached hydrogens (tertiary/aromatic N) is 2. The molecular formula is C21H25BrN4O. The molecular weight excluding hydrogens is 404 g/mol. The first-order valence-electron chi connectivity index (χ1n) is 9.48. The Morgan fingerprint density at radius 3 is 2.41 bits per heavy atom. The molecule has 2 aliphatic heterocycles. The summed E-state index contributed by atoms with van der Waals surface area (Å²) in [6.07, 6.45) is 0.776. The molecule has 2 fully saturated rings. The van der Waals surface area contributed by atoms with Crippen LogP contribution in [0.1, 0.15) is 23.6 Å². The predicted molar refractivity (Wildman–Crippen MR) is 112 cm³/mol. The van der Waals surface area contributed by atoms with E-state index < -0.39 is 0 Å². The van der Waals surface area contributed by atoms with Crippen molar-refractivity contribution in [3.63, 3.8) is 0 Å². The van der Waals surface area contributed by atoms with Gasteiger partial charge in [0, 0.05) is 42.4 Å². The number of piperazine rings is 1. The predicted octanol–water partition coefficient (Wildman–Crippen LogP) is 3.01. The molecule has 27 heavy (non-hydrogen) atoms. The summed E-state index contributed by atoms with van der Waals surface area (Å²) in [7, 11) is 0. The highest BCUT2D eigenvalue weighted by Crippen LogP contribution is 2.25. The highest BCUT2D eigenvalue weighted by Gasteiger charge is 2.34. The van der Waals surface area contributed by atoms with Crippen LogP contribution in [-0.4, -0.2) is 43.0 Å². The van der Waals surface area contributed by atoms with Crippen molar-refractivity contribution in [2.24, 2.45) is 0 Å². The van der Waals surface area contributed by atoms with E-state index in [1.165, 1.54) is 16.8 Å². The zero-order valence-electron chi connectivity index (χ0n) is 15.5. The standard InChI is InChI=1S/C21H25BrN4O/c1-15-4-2-3-5-20(15)25-10-12-26(13-11-25)21(27)19-14-18(23-24-19)16-6-8-17(22)9-7-16/h2-9,18-19,23-24H,10-14H2,1H3. The van der Waals surface area contributed by atoms with Crippen LogP contribution in [-0.2, 0) is 4.79 Å². The number of carbonyl (C=O) groups excluding carboxylic acids is 1. The summed E-state index contributed by atoms with van der Waals surface area (Å²) in [6.45, 7) is 5.45. The van der Waals surface area contributed by atoms with Crippen LogP contribution in [0.4, 0.5) is 5.69 Å². The van der Waals surface area contributed by atoms with E-state index in [9.17, 15) is 4.79 Å². The Morgan fingerprint density at radius 2 is 1.70 bits per heavy atom. The first kappa shape index (κ1) is 18.5. The lowest BCUT2D eigenvalue weighted by molar-refractivity contribution is -0.133. The highest BCUT2D eigenvalue weighted by molar-refractivity contribution is 9.10. The van der Waals surface area contributed by atoms with Crippen molar-refractivity contribution in [2.75, 3.05) is 31.1 Å².